The summed E-state index contributed by atoms with van der Waals surface area (Å²) in [5, 5.41) is 38.7. The molecule has 21 heteroatoms. The molecule has 1 fully saturated rings. The number of ether oxygens (including phenoxy) is 3. The van der Waals surface area contributed by atoms with Gasteiger partial charge in [0.1, 0.15) is 5.82 Å². The highest BCUT2D eigenvalue weighted by molar-refractivity contribution is 7.99. The van der Waals surface area contributed by atoms with E-state index in [0.717, 1.165) is 17.7 Å². The maximum absolute atomic E-state index is 15.8. The first-order valence-corrected chi connectivity index (χ1v) is 23.1. The number of nitrogens with two attached hydrogens (primary N) is 1. The molecule has 0 bridgehead atoms. The Bertz CT molecular complexity index is 2900. The van der Waals surface area contributed by atoms with E-state index in [-0.39, 0.29) is 43.5 Å². The molecule has 1 saturated carbocycles. The van der Waals surface area contributed by atoms with E-state index >= 15 is 4.39 Å². The molecule has 8 rings (SSSR count). The first kappa shape index (κ1) is 48.0. The van der Waals surface area contributed by atoms with Crippen LogP contribution in [0.1, 0.15) is 62.4 Å². The van der Waals surface area contributed by atoms with Gasteiger partial charge in [-0.3, -0.25) is 9.59 Å². The average Bonchev–Trinajstić information content (AvgIpc) is 3.79. The van der Waals surface area contributed by atoms with E-state index in [1.54, 1.807) is 27.1 Å². The van der Waals surface area contributed by atoms with Crippen LogP contribution in [0, 0.1) is 17.7 Å². The van der Waals surface area contributed by atoms with E-state index in [9.17, 15) is 28.6 Å². The number of aliphatic hydroxyl groups excluding tert-OH is 2. The number of aromatic nitrogens is 6. The van der Waals surface area contributed by atoms with Crippen LogP contribution in [-0.4, -0.2) is 109 Å². The second-order valence-electron chi connectivity index (χ2n) is 17.2. The van der Waals surface area contributed by atoms with Gasteiger partial charge in [0, 0.05) is 59.4 Å². The number of anilines is 2. The van der Waals surface area contributed by atoms with Gasteiger partial charge in [-0.05, 0) is 66.8 Å². The van der Waals surface area contributed by atoms with Crippen LogP contribution in [-0.2, 0) is 38.2 Å². The summed E-state index contributed by atoms with van der Waals surface area (Å²) in [5.74, 6) is 4.89. The van der Waals surface area contributed by atoms with Crippen LogP contribution in [0.4, 0.5) is 24.7 Å². The second-order valence-corrected chi connectivity index (χ2v) is 18.3. The Balaban J connectivity index is 0.864. The van der Waals surface area contributed by atoms with Gasteiger partial charge >= 0.3 is 6.29 Å². The van der Waals surface area contributed by atoms with Crippen LogP contribution in [0.25, 0.3) is 22.1 Å². The predicted molar refractivity (Wildman–Crippen MR) is 248 cm³/mol. The molecule has 3 aromatic carbocycles. The number of nitrogens with one attached hydrogen (secondary N) is 3. The van der Waals surface area contributed by atoms with E-state index < -0.39 is 47.5 Å². The lowest BCUT2D eigenvalue weighted by molar-refractivity contribution is -0.286. The van der Waals surface area contributed by atoms with Gasteiger partial charge in [0.25, 0.3) is 5.91 Å². The molecule has 4 heterocycles. The van der Waals surface area contributed by atoms with Crippen molar-refractivity contribution in [2.45, 2.75) is 81.5 Å². The van der Waals surface area contributed by atoms with Crippen molar-refractivity contribution in [3.8, 4) is 23.3 Å². The van der Waals surface area contributed by atoms with E-state index in [1.807, 2.05) is 38.1 Å². The molecule has 6 aromatic rings. The smallest absolute Gasteiger partial charge is 0.395 e. The fourth-order valence-electron chi connectivity index (χ4n) is 7.86. The number of carbonyl (C=O) groups is 2. The van der Waals surface area contributed by atoms with Crippen LogP contribution < -0.4 is 31.2 Å². The molecular formula is C47H51F3N10O7S. The lowest BCUT2D eigenvalue weighted by atomic mass is 9.90. The number of aliphatic hydroxyl groups is 2. The fraction of sp³-hybridized carbons (Fsp3) is 0.404. The minimum atomic E-state index is -3.81. The van der Waals surface area contributed by atoms with Crippen LogP contribution in [0.15, 0.2) is 65.8 Å². The van der Waals surface area contributed by atoms with Crippen molar-refractivity contribution in [3.63, 3.8) is 0 Å². The van der Waals surface area contributed by atoms with Crippen molar-refractivity contribution in [2.24, 2.45) is 5.73 Å². The lowest BCUT2D eigenvalue weighted by Crippen LogP contribution is -2.32. The van der Waals surface area contributed by atoms with E-state index in [0.29, 0.717) is 82.3 Å². The van der Waals surface area contributed by atoms with Gasteiger partial charge < -0.3 is 50.7 Å². The van der Waals surface area contributed by atoms with Crippen molar-refractivity contribution in [2.75, 3.05) is 55.8 Å². The SMILES string of the molecule is CCCSc1nc(NCCN)c2nnn(Cc3ccc(C#CC(=O)NCCOCC(C)(C)c4cc5cc(NC(=O)C6(c7ccc8c(c7)OC(F)(F)O8)CC6)c(F)cc5n4C[C@@H](O)CO)cc3)c2n1. The predicted octanol–water partition coefficient (Wildman–Crippen LogP) is 5.04. The highest BCUT2D eigenvalue weighted by Crippen LogP contribution is 2.52. The van der Waals surface area contributed by atoms with Gasteiger partial charge in [0.05, 0.1) is 55.6 Å². The molecule has 1 aliphatic heterocycles. The molecule has 3 aromatic heterocycles. The number of alkyl halides is 2. The molecular weight excluding hydrogens is 906 g/mol. The molecule has 0 unspecified atom stereocenters. The molecule has 17 nitrogen and oxygen atoms in total. The molecule has 2 aliphatic rings. The number of nitrogens with zero attached hydrogens (tertiary/aromatic N) is 6. The summed E-state index contributed by atoms with van der Waals surface area (Å²) in [6.45, 7) is 7.15. The van der Waals surface area contributed by atoms with Crippen LogP contribution >= 0.6 is 11.8 Å². The first-order valence-electron chi connectivity index (χ1n) is 22.1. The Morgan fingerprint density at radius 1 is 1.06 bits per heavy atom. The zero-order chi connectivity index (χ0) is 48.2. The average molecular weight is 957 g/mol. The summed E-state index contributed by atoms with van der Waals surface area (Å²) in [4.78, 5) is 35.6. The van der Waals surface area contributed by atoms with Gasteiger partial charge in [0.15, 0.2) is 33.6 Å². The molecule has 0 radical (unpaired) electrons. The van der Waals surface area contributed by atoms with Crippen molar-refractivity contribution in [1.82, 2.24) is 34.8 Å². The molecule has 2 amide bonds. The van der Waals surface area contributed by atoms with Gasteiger partial charge in [-0.15, -0.1) is 13.9 Å². The third-order valence-electron chi connectivity index (χ3n) is 11.5. The number of rotatable bonds is 20. The maximum Gasteiger partial charge on any atom is 0.586 e. The number of benzene rings is 3. The van der Waals surface area contributed by atoms with Crippen LogP contribution in [0.3, 0.4) is 0 Å². The Kier molecular flexibility index (Phi) is 14.1. The van der Waals surface area contributed by atoms with Gasteiger partial charge in [-0.1, -0.05) is 61.9 Å². The number of thioether (sulfide) groups is 1. The molecule has 1 aliphatic carbocycles. The third-order valence-corrected chi connectivity index (χ3v) is 12.5. The van der Waals surface area contributed by atoms with Crippen molar-refractivity contribution >= 4 is 57.1 Å². The minimum Gasteiger partial charge on any atom is -0.395 e. The Morgan fingerprint density at radius 3 is 2.57 bits per heavy atom. The zero-order valence-corrected chi connectivity index (χ0v) is 38.4. The topological polar surface area (TPSA) is 226 Å². The number of fused-ring (bicyclic) bond motifs is 3. The summed E-state index contributed by atoms with van der Waals surface area (Å²) in [5.41, 5.74) is 8.05. The Hall–Kier alpha value is -6.44. The van der Waals surface area contributed by atoms with Gasteiger partial charge in [-0.25, -0.2) is 19.0 Å². The fourth-order valence-corrected chi connectivity index (χ4v) is 8.55. The summed E-state index contributed by atoms with van der Waals surface area (Å²) >= 11 is 1.56. The summed E-state index contributed by atoms with van der Waals surface area (Å²) < 4.78 is 61.6. The van der Waals surface area contributed by atoms with E-state index in [4.69, 9.17) is 15.5 Å². The summed E-state index contributed by atoms with van der Waals surface area (Å²) in [7, 11) is 0. The Morgan fingerprint density at radius 2 is 1.84 bits per heavy atom. The van der Waals surface area contributed by atoms with Gasteiger partial charge in [0.2, 0.25) is 5.91 Å². The largest absolute Gasteiger partial charge is 0.586 e. The van der Waals surface area contributed by atoms with Crippen molar-refractivity contribution < 1.29 is 47.2 Å². The number of carbonyl (C=O) groups excluding carboxylic acids is 2. The van der Waals surface area contributed by atoms with Crippen LogP contribution in [0.5, 0.6) is 11.5 Å². The first-order chi connectivity index (χ1) is 32.6. The zero-order valence-electron chi connectivity index (χ0n) is 37.6. The standard InChI is InChI=1S/C47H51F3N10O7S/c1-4-19-68-44-55-41(53-16-15-51)40-42(56-44)60(58-57-40)24-29-7-5-28(6-8-29)9-12-39(63)52-17-18-65-27-45(2,3)38-21-30-20-34(33(48)23-35(30)59(38)25-32(62)26-61)54-43(64)46(13-14-46)31-10-11-36-37(22-31)67-47(49,50)66-36/h5-8,10-11,20-23,32,61-62H,4,13-19,24-27,51H2,1-3H3,(H,52,63)(H,54,64)(H,53,55,56)/t32-/m1/s1. The molecule has 68 heavy (non-hydrogen) atoms. The highest BCUT2D eigenvalue weighted by atomic mass is 32.2. The van der Waals surface area contributed by atoms with Gasteiger partial charge in [-0.2, -0.15) is 0 Å². The van der Waals surface area contributed by atoms with E-state index in [1.165, 1.54) is 30.3 Å². The normalized spacial score (nSPS) is 15.0. The number of amides is 2. The minimum absolute atomic E-state index is 0.0596. The molecule has 0 saturated heterocycles. The molecule has 0 spiro atoms. The van der Waals surface area contributed by atoms with Crippen LogP contribution in [0.2, 0.25) is 0 Å². The van der Waals surface area contributed by atoms with E-state index in [2.05, 4.69) is 59.5 Å². The highest BCUT2D eigenvalue weighted by Gasteiger charge is 2.53. The molecule has 358 valence electrons. The number of hydrogen-bond donors (Lipinski definition) is 6. The maximum atomic E-state index is 15.8. The monoisotopic (exact) mass is 956 g/mol. The summed E-state index contributed by atoms with van der Waals surface area (Å²) in [6.07, 6.45) is -3.17. The third kappa shape index (κ3) is 10.6. The summed E-state index contributed by atoms with van der Waals surface area (Å²) in [6, 6.07) is 16.1. The lowest BCUT2D eigenvalue weighted by Gasteiger charge is -2.27. The number of hydrogen-bond acceptors (Lipinski definition) is 14. The van der Waals surface area contributed by atoms with Crippen molar-refractivity contribution in [1.29, 1.82) is 0 Å². The van der Waals surface area contributed by atoms with Crippen molar-refractivity contribution in [3.05, 3.63) is 88.9 Å². The molecule has 7 N–H and O–H groups in total. The Labute approximate surface area is 393 Å². The quantitative estimate of drug-likeness (QED) is 0.0255. The molecule has 1 atom stereocenters. The number of halogens is 3. The second kappa shape index (κ2) is 20.0.